The molecule has 66 valence electrons. The fourth-order valence-corrected chi connectivity index (χ4v) is 1.06. The highest BCUT2D eigenvalue weighted by atomic mass is 16.3. The molecule has 0 bridgehead atoms. The second kappa shape index (κ2) is 3.25. The van der Waals surface area contributed by atoms with E-state index in [2.05, 4.69) is 0 Å². The Hall–Kier alpha value is -0.860. The van der Waals surface area contributed by atoms with E-state index in [1.165, 1.54) is 0 Å². The molecule has 0 radical (unpaired) electrons. The van der Waals surface area contributed by atoms with Crippen LogP contribution in [-0.2, 0) is 0 Å². The Morgan fingerprint density at radius 1 is 1.25 bits per heavy atom. The van der Waals surface area contributed by atoms with E-state index < -0.39 is 11.6 Å². The van der Waals surface area contributed by atoms with Gasteiger partial charge < -0.3 is 10.8 Å². The van der Waals surface area contributed by atoms with E-state index in [1.54, 1.807) is 0 Å². The van der Waals surface area contributed by atoms with E-state index in [0.717, 1.165) is 5.56 Å². The second-order valence-corrected chi connectivity index (χ2v) is 3.63. The summed E-state index contributed by atoms with van der Waals surface area (Å²) in [6.45, 7) is 3.62. The average molecular weight is 165 g/mol. The number of hydrogen-bond acceptors (Lipinski definition) is 2. The van der Waals surface area contributed by atoms with Gasteiger partial charge >= 0.3 is 0 Å². The fourth-order valence-electron chi connectivity index (χ4n) is 1.06. The molecule has 1 aromatic rings. The minimum Gasteiger partial charge on any atom is -0.387 e. The second-order valence-electron chi connectivity index (χ2n) is 3.63. The van der Waals surface area contributed by atoms with Crippen LogP contribution in [0.4, 0.5) is 0 Å². The molecule has 0 fully saturated rings. The largest absolute Gasteiger partial charge is 0.387 e. The summed E-state index contributed by atoms with van der Waals surface area (Å²) in [6.07, 6.45) is -0.598. The molecule has 1 aromatic carbocycles. The summed E-state index contributed by atoms with van der Waals surface area (Å²) in [5.74, 6) is 0. The molecule has 0 unspecified atom stereocenters. The topological polar surface area (TPSA) is 46.2 Å². The van der Waals surface area contributed by atoms with Crippen LogP contribution in [-0.4, -0.2) is 10.6 Å². The van der Waals surface area contributed by atoms with Crippen LogP contribution in [0, 0.1) is 0 Å². The quantitative estimate of drug-likeness (QED) is 0.696. The number of benzene rings is 1. The molecule has 2 nitrogen and oxygen atoms in total. The van der Waals surface area contributed by atoms with Crippen LogP contribution in [0.5, 0.6) is 0 Å². The number of aliphatic hydroxyl groups is 1. The lowest BCUT2D eigenvalue weighted by atomic mass is 9.93. The maximum Gasteiger partial charge on any atom is 0.0963 e. The molecule has 0 saturated carbocycles. The molecular formula is C10H15NO. The van der Waals surface area contributed by atoms with Crippen molar-refractivity contribution in [3.63, 3.8) is 0 Å². The van der Waals surface area contributed by atoms with Gasteiger partial charge in [-0.2, -0.15) is 0 Å². The maximum absolute atomic E-state index is 9.73. The molecule has 0 amide bonds. The van der Waals surface area contributed by atoms with Gasteiger partial charge in [-0.1, -0.05) is 30.3 Å². The molecule has 0 aromatic heterocycles. The van der Waals surface area contributed by atoms with Crippen LogP contribution >= 0.6 is 0 Å². The van der Waals surface area contributed by atoms with E-state index in [9.17, 15) is 5.11 Å². The Bertz CT molecular complexity index is 238. The van der Waals surface area contributed by atoms with Crippen molar-refractivity contribution in [1.82, 2.24) is 0 Å². The summed E-state index contributed by atoms with van der Waals surface area (Å²) in [5.41, 5.74) is 6.04. The third kappa shape index (κ3) is 2.06. The molecule has 1 rings (SSSR count). The summed E-state index contributed by atoms with van der Waals surface area (Å²) >= 11 is 0. The van der Waals surface area contributed by atoms with Crippen molar-refractivity contribution in [3.8, 4) is 0 Å². The Balaban J connectivity index is 2.86. The van der Waals surface area contributed by atoms with Crippen LogP contribution in [0.25, 0.3) is 0 Å². The highest BCUT2D eigenvalue weighted by Gasteiger charge is 2.23. The van der Waals surface area contributed by atoms with E-state index in [0.29, 0.717) is 0 Å². The standard InChI is InChI=1S/C10H15NO/c1-10(2,11)9(12)8-6-4-3-5-7-8/h3-7,9,12H,11H2,1-2H3/t9-/m1/s1. The van der Waals surface area contributed by atoms with Crippen molar-refractivity contribution in [2.24, 2.45) is 5.73 Å². The molecular weight excluding hydrogens is 150 g/mol. The molecule has 12 heavy (non-hydrogen) atoms. The molecule has 0 spiro atoms. The SMILES string of the molecule is CC(C)(N)[C@H](O)c1ccccc1. The number of aliphatic hydroxyl groups excluding tert-OH is 1. The predicted octanol–water partition coefficient (Wildman–Crippen LogP) is 1.46. The highest BCUT2D eigenvalue weighted by molar-refractivity contribution is 5.20. The minimum absolute atomic E-state index is 0.582. The molecule has 0 saturated heterocycles. The van der Waals surface area contributed by atoms with E-state index >= 15 is 0 Å². The van der Waals surface area contributed by atoms with Crippen LogP contribution in [0.15, 0.2) is 30.3 Å². The van der Waals surface area contributed by atoms with Crippen molar-refractivity contribution in [2.45, 2.75) is 25.5 Å². The van der Waals surface area contributed by atoms with E-state index in [1.807, 2.05) is 44.2 Å². The summed E-state index contributed by atoms with van der Waals surface area (Å²) in [5, 5.41) is 9.73. The van der Waals surface area contributed by atoms with Crippen LogP contribution in [0.3, 0.4) is 0 Å². The summed E-state index contributed by atoms with van der Waals surface area (Å²) in [4.78, 5) is 0. The fraction of sp³-hybridized carbons (Fsp3) is 0.400. The van der Waals surface area contributed by atoms with Gasteiger partial charge in [-0.15, -0.1) is 0 Å². The van der Waals surface area contributed by atoms with Gasteiger partial charge in [-0.3, -0.25) is 0 Å². The molecule has 0 aliphatic carbocycles. The zero-order chi connectivity index (χ0) is 9.19. The van der Waals surface area contributed by atoms with Crippen molar-refractivity contribution in [3.05, 3.63) is 35.9 Å². The molecule has 2 heteroatoms. The van der Waals surface area contributed by atoms with Gasteiger partial charge in [0.15, 0.2) is 0 Å². The first kappa shape index (κ1) is 9.23. The highest BCUT2D eigenvalue weighted by Crippen LogP contribution is 2.22. The number of hydrogen-bond donors (Lipinski definition) is 2. The lowest BCUT2D eigenvalue weighted by Crippen LogP contribution is -2.39. The first-order chi connectivity index (χ1) is 5.52. The number of rotatable bonds is 2. The monoisotopic (exact) mass is 165 g/mol. The van der Waals surface area contributed by atoms with Crippen molar-refractivity contribution < 1.29 is 5.11 Å². The predicted molar refractivity (Wildman–Crippen MR) is 49.7 cm³/mol. The normalized spacial score (nSPS) is 14.3. The van der Waals surface area contributed by atoms with Gasteiger partial charge in [0, 0.05) is 5.54 Å². The van der Waals surface area contributed by atoms with Crippen molar-refractivity contribution in [1.29, 1.82) is 0 Å². The van der Waals surface area contributed by atoms with Crippen molar-refractivity contribution in [2.75, 3.05) is 0 Å². The van der Waals surface area contributed by atoms with E-state index in [4.69, 9.17) is 5.73 Å². The third-order valence-electron chi connectivity index (χ3n) is 1.82. The summed E-state index contributed by atoms with van der Waals surface area (Å²) < 4.78 is 0. The zero-order valence-electron chi connectivity index (χ0n) is 7.49. The minimum atomic E-state index is -0.598. The lowest BCUT2D eigenvalue weighted by Gasteiger charge is -2.25. The summed E-state index contributed by atoms with van der Waals surface area (Å²) in [7, 11) is 0. The van der Waals surface area contributed by atoms with Gasteiger partial charge in [0.1, 0.15) is 0 Å². The molecule has 1 atom stereocenters. The smallest absolute Gasteiger partial charge is 0.0963 e. The van der Waals surface area contributed by atoms with Gasteiger partial charge in [-0.05, 0) is 19.4 Å². The molecule has 0 aliphatic rings. The molecule has 0 heterocycles. The Labute approximate surface area is 73.0 Å². The third-order valence-corrected chi connectivity index (χ3v) is 1.82. The van der Waals surface area contributed by atoms with E-state index in [-0.39, 0.29) is 0 Å². The van der Waals surface area contributed by atoms with Crippen LogP contribution < -0.4 is 5.73 Å². The van der Waals surface area contributed by atoms with Gasteiger partial charge in [0.25, 0.3) is 0 Å². The Kier molecular flexibility index (Phi) is 2.50. The average Bonchev–Trinajstić information content (AvgIpc) is 2.03. The number of nitrogens with two attached hydrogens (primary N) is 1. The van der Waals surface area contributed by atoms with Crippen molar-refractivity contribution >= 4 is 0 Å². The van der Waals surface area contributed by atoms with Gasteiger partial charge in [-0.25, -0.2) is 0 Å². The lowest BCUT2D eigenvalue weighted by molar-refractivity contribution is 0.104. The van der Waals surface area contributed by atoms with Crippen LogP contribution in [0.1, 0.15) is 25.5 Å². The Morgan fingerprint density at radius 3 is 2.17 bits per heavy atom. The first-order valence-electron chi connectivity index (χ1n) is 4.03. The van der Waals surface area contributed by atoms with Crippen LogP contribution in [0.2, 0.25) is 0 Å². The van der Waals surface area contributed by atoms with Gasteiger partial charge in [0.05, 0.1) is 6.10 Å². The van der Waals surface area contributed by atoms with Gasteiger partial charge in [0.2, 0.25) is 0 Å². The molecule has 3 N–H and O–H groups in total. The maximum atomic E-state index is 9.73. The Morgan fingerprint density at radius 2 is 1.75 bits per heavy atom. The zero-order valence-corrected chi connectivity index (χ0v) is 7.49. The molecule has 0 aliphatic heterocycles. The first-order valence-corrected chi connectivity index (χ1v) is 4.03. The summed E-state index contributed by atoms with van der Waals surface area (Å²) in [6, 6.07) is 9.45.